The molecule has 0 unspecified atom stereocenters. The van der Waals surface area contributed by atoms with E-state index in [4.69, 9.17) is 4.74 Å². The van der Waals surface area contributed by atoms with Gasteiger partial charge < -0.3 is 9.84 Å². The van der Waals surface area contributed by atoms with Crippen LogP contribution in [0.4, 0.5) is 0 Å². The number of hydrogen-bond acceptors (Lipinski definition) is 6. The number of methoxy groups -OCH3 is 1. The number of ether oxygens (including phenoxy) is 1. The zero-order valence-corrected chi connectivity index (χ0v) is 14.1. The largest absolute Gasteiger partial charge is 0.467 e. The fourth-order valence-corrected chi connectivity index (χ4v) is 3.00. The van der Waals surface area contributed by atoms with Gasteiger partial charge in [0.05, 0.1) is 13.7 Å². The number of rotatable bonds is 6. The van der Waals surface area contributed by atoms with Crippen molar-refractivity contribution in [3.63, 3.8) is 0 Å². The Morgan fingerprint density at radius 1 is 0.958 bits per heavy atom. The van der Waals surface area contributed by atoms with Crippen LogP contribution in [0, 0.1) is 0 Å². The van der Waals surface area contributed by atoms with Crippen molar-refractivity contribution in [1.82, 2.24) is 19.8 Å². The lowest BCUT2D eigenvalue weighted by atomic mass is 10.1. The molecule has 1 N–H and O–H groups in total. The Bertz CT molecular complexity index is 640. The van der Waals surface area contributed by atoms with Crippen molar-refractivity contribution in [2.45, 2.75) is 19.7 Å². The van der Waals surface area contributed by atoms with Crippen LogP contribution < -0.4 is 4.74 Å². The van der Waals surface area contributed by atoms with E-state index in [-0.39, 0.29) is 6.61 Å². The lowest BCUT2D eigenvalue weighted by Gasteiger charge is -2.34. The number of aliphatic hydroxyl groups excluding tert-OH is 1. The van der Waals surface area contributed by atoms with Crippen LogP contribution in [0.1, 0.15) is 16.7 Å². The van der Waals surface area contributed by atoms with Crippen molar-refractivity contribution in [1.29, 1.82) is 0 Å². The molecule has 0 amide bonds. The summed E-state index contributed by atoms with van der Waals surface area (Å²) in [4.78, 5) is 13.2. The molecule has 0 radical (unpaired) electrons. The normalized spacial score (nSPS) is 16.2. The summed E-state index contributed by atoms with van der Waals surface area (Å²) in [5, 5.41) is 9.44. The molecule has 128 valence electrons. The van der Waals surface area contributed by atoms with Gasteiger partial charge in [0, 0.05) is 57.2 Å². The predicted octanol–water partition coefficient (Wildman–Crippen LogP) is 1.30. The van der Waals surface area contributed by atoms with E-state index in [0.29, 0.717) is 6.01 Å². The Labute approximate surface area is 142 Å². The van der Waals surface area contributed by atoms with E-state index in [2.05, 4.69) is 25.8 Å². The molecule has 1 aliphatic rings. The molecule has 6 heteroatoms. The lowest BCUT2D eigenvalue weighted by Crippen LogP contribution is -2.45. The quantitative estimate of drug-likeness (QED) is 0.862. The maximum absolute atomic E-state index is 9.44. The standard InChI is InChI=1S/C18H24N4O2/c1-24-18-19-10-15(11-20-18)12-21-6-8-22(9-7-21)13-16-4-2-3-5-17(16)14-23/h2-5,10-11,23H,6-9,12-14H2,1H3. The highest BCUT2D eigenvalue weighted by atomic mass is 16.5. The van der Waals surface area contributed by atoms with E-state index in [1.807, 2.05) is 30.6 Å². The minimum atomic E-state index is 0.105. The minimum absolute atomic E-state index is 0.105. The summed E-state index contributed by atoms with van der Waals surface area (Å²) >= 11 is 0. The fraction of sp³-hybridized carbons (Fsp3) is 0.444. The van der Waals surface area contributed by atoms with Crippen LogP contribution in [0.15, 0.2) is 36.7 Å². The SMILES string of the molecule is COc1ncc(CN2CCN(Cc3ccccc3CO)CC2)cn1. The maximum Gasteiger partial charge on any atom is 0.316 e. The summed E-state index contributed by atoms with van der Waals surface area (Å²) in [6.45, 7) is 5.96. The van der Waals surface area contributed by atoms with E-state index in [1.54, 1.807) is 7.11 Å². The van der Waals surface area contributed by atoms with Crippen molar-refractivity contribution in [3.8, 4) is 6.01 Å². The summed E-state index contributed by atoms with van der Waals surface area (Å²) in [6.07, 6.45) is 3.66. The Morgan fingerprint density at radius 2 is 1.54 bits per heavy atom. The highest BCUT2D eigenvalue weighted by Crippen LogP contribution is 2.14. The van der Waals surface area contributed by atoms with Gasteiger partial charge in [-0.2, -0.15) is 0 Å². The molecule has 24 heavy (non-hydrogen) atoms. The number of nitrogens with zero attached hydrogens (tertiary/aromatic N) is 4. The molecule has 1 aromatic carbocycles. The van der Waals surface area contributed by atoms with Gasteiger partial charge in [-0.25, -0.2) is 9.97 Å². The molecule has 0 bridgehead atoms. The smallest absolute Gasteiger partial charge is 0.316 e. The summed E-state index contributed by atoms with van der Waals surface area (Å²) in [6, 6.07) is 8.52. The maximum atomic E-state index is 9.44. The number of piperazine rings is 1. The second-order valence-electron chi connectivity index (χ2n) is 6.06. The van der Waals surface area contributed by atoms with Gasteiger partial charge in [-0.15, -0.1) is 0 Å². The molecule has 2 aromatic rings. The third-order valence-electron chi connectivity index (χ3n) is 4.42. The van der Waals surface area contributed by atoms with E-state index >= 15 is 0 Å². The zero-order chi connectivity index (χ0) is 16.8. The second kappa shape index (κ2) is 8.19. The van der Waals surface area contributed by atoms with Gasteiger partial charge in [0.1, 0.15) is 0 Å². The molecular formula is C18H24N4O2. The first-order valence-corrected chi connectivity index (χ1v) is 8.25. The Kier molecular flexibility index (Phi) is 5.74. The van der Waals surface area contributed by atoms with E-state index in [9.17, 15) is 5.11 Å². The topological polar surface area (TPSA) is 61.7 Å². The van der Waals surface area contributed by atoms with Crippen molar-refractivity contribution in [3.05, 3.63) is 53.3 Å². The Hall–Kier alpha value is -2.02. The van der Waals surface area contributed by atoms with Gasteiger partial charge in [0.2, 0.25) is 0 Å². The Balaban J connectivity index is 1.50. The summed E-state index contributed by atoms with van der Waals surface area (Å²) in [5.74, 6) is 0. The van der Waals surface area contributed by atoms with Gasteiger partial charge in [0.25, 0.3) is 0 Å². The summed E-state index contributed by atoms with van der Waals surface area (Å²) in [5.41, 5.74) is 3.35. The first-order valence-electron chi connectivity index (χ1n) is 8.25. The van der Waals surface area contributed by atoms with Crippen LogP contribution in [0.2, 0.25) is 0 Å². The van der Waals surface area contributed by atoms with Gasteiger partial charge >= 0.3 is 6.01 Å². The molecule has 1 aliphatic heterocycles. The minimum Gasteiger partial charge on any atom is -0.467 e. The number of aliphatic hydroxyl groups is 1. The Morgan fingerprint density at radius 3 is 2.12 bits per heavy atom. The molecule has 0 atom stereocenters. The van der Waals surface area contributed by atoms with E-state index < -0.39 is 0 Å². The van der Waals surface area contributed by atoms with Crippen LogP contribution in [0.25, 0.3) is 0 Å². The molecule has 0 saturated carbocycles. The molecule has 3 rings (SSSR count). The van der Waals surface area contributed by atoms with Crippen molar-refractivity contribution < 1.29 is 9.84 Å². The van der Waals surface area contributed by atoms with Crippen molar-refractivity contribution >= 4 is 0 Å². The van der Waals surface area contributed by atoms with Crippen molar-refractivity contribution in [2.24, 2.45) is 0 Å². The third-order valence-corrected chi connectivity index (χ3v) is 4.42. The van der Waals surface area contributed by atoms with Crippen LogP contribution in [-0.2, 0) is 19.7 Å². The predicted molar refractivity (Wildman–Crippen MR) is 91.5 cm³/mol. The second-order valence-corrected chi connectivity index (χ2v) is 6.06. The van der Waals surface area contributed by atoms with Crippen molar-refractivity contribution in [2.75, 3.05) is 33.3 Å². The molecule has 1 fully saturated rings. The molecule has 0 spiro atoms. The average Bonchev–Trinajstić information content (AvgIpc) is 2.64. The van der Waals surface area contributed by atoms with Gasteiger partial charge in [-0.05, 0) is 11.1 Å². The summed E-state index contributed by atoms with van der Waals surface area (Å²) in [7, 11) is 1.57. The average molecular weight is 328 g/mol. The number of benzene rings is 1. The third kappa shape index (κ3) is 4.29. The molecular weight excluding hydrogens is 304 g/mol. The van der Waals surface area contributed by atoms with Gasteiger partial charge in [0.15, 0.2) is 0 Å². The summed E-state index contributed by atoms with van der Waals surface area (Å²) < 4.78 is 4.99. The van der Waals surface area contributed by atoms with Crippen LogP contribution >= 0.6 is 0 Å². The number of hydrogen-bond donors (Lipinski definition) is 1. The zero-order valence-electron chi connectivity index (χ0n) is 14.1. The fourth-order valence-electron chi connectivity index (χ4n) is 3.00. The monoisotopic (exact) mass is 328 g/mol. The van der Waals surface area contributed by atoms with Crippen LogP contribution in [0.5, 0.6) is 6.01 Å². The van der Waals surface area contributed by atoms with E-state index in [0.717, 1.165) is 50.4 Å². The molecule has 2 heterocycles. The highest BCUT2D eigenvalue weighted by Gasteiger charge is 2.18. The van der Waals surface area contributed by atoms with E-state index in [1.165, 1.54) is 5.56 Å². The molecule has 6 nitrogen and oxygen atoms in total. The molecule has 1 aromatic heterocycles. The first-order chi connectivity index (χ1) is 11.8. The molecule has 0 aliphatic carbocycles. The van der Waals surface area contributed by atoms with Crippen LogP contribution in [0.3, 0.4) is 0 Å². The van der Waals surface area contributed by atoms with Gasteiger partial charge in [-0.3, -0.25) is 9.80 Å². The number of aromatic nitrogens is 2. The van der Waals surface area contributed by atoms with Gasteiger partial charge in [-0.1, -0.05) is 24.3 Å². The lowest BCUT2D eigenvalue weighted by molar-refractivity contribution is 0.121. The highest BCUT2D eigenvalue weighted by molar-refractivity contribution is 5.26. The molecule has 1 saturated heterocycles. The van der Waals surface area contributed by atoms with Crippen LogP contribution in [-0.4, -0.2) is 58.2 Å². The first kappa shape index (κ1) is 16.8.